The lowest BCUT2D eigenvalue weighted by molar-refractivity contribution is -0.136. The van der Waals surface area contributed by atoms with E-state index in [1.165, 1.54) is 30.2 Å². The number of urea groups is 1. The lowest BCUT2D eigenvalue weighted by Crippen LogP contribution is -2.48. The number of hydrogen-bond donors (Lipinski definition) is 1. The maximum absolute atomic E-state index is 12.8. The molecular weight excluding hydrogens is 402 g/mol. The summed E-state index contributed by atoms with van der Waals surface area (Å²) in [7, 11) is 1.23. The summed E-state index contributed by atoms with van der Waals surface area (Å²) in [6, 6.07) is 8.54. The summed E-state index contributed by atoms with van der Waals surface area (Å²) < 4.78 is 35.1. The number of halogens is 2. The average molecular weight is 422 g/mol. The van der Waals surface area contributed by atoms with Crippen LogP contribution in [0.2, 0.25) is 0 Å². The highest BCUT2D eigenvalue weighted by molar-refractivity contribution is 7.09. The normalized spacial score (nSPS) is 16.8. The van der Waals surface area contributed by atoms with Crippen molar-refractivity contribution in [3.63, 3.8) is 0 Å². The molecule has 1 N–H and O–H groups in total. The Kier molecular flexibility index (Phi) is 6.48. The molecule has 0 bridgehead atoms. The van der Waals surface area contributed by atoms with Crippen molar-refractivity contribution in [2.24, 2.45) is 0 Å². The van der Waals surface area contributed by atoms with E-state index in [1.54, 1.807) is 24.3 Å². The molecule has 1 aliphatic rings. The van der Waals surface area contributed by atoms with E-state index in [1.807, 2.05) is 17.5 Å². The van der Waals surface area contributed by atoms with Crippen LogP contribution in [-0.2, 0) is 16.0 Å². The molecule has 1 aromatic carbocycles. The van der Waals surface area contributed by atoms with Crippen molar-refractivity contribution in [2.75, 3.05) is 13.7 Å². The Bertz CT molecular complexity index is 915. The first-order chi connectivity index (χ1) is 13.9. The highest BCUT2D eigenvalue weighted by atomic mass is 32.1. The summed E-state index contributed by atoms with van der Waals surface area (Å²) in [5, 5.41) is 4.68. The fraction of sp³-hybridized carbons (Fsp3) is 0.300. The predicted octanol–water partition coefficient (Wildman–Crippen LogP) is 4.11. The van der Waals surface area contributed by atoms with Gasteiger partial charge in [0.05, 0.1) is 18.7 Å². The highest BCUT2D eigenvalue weighted by Crippen LogP contribution is 2.36. The smallest absolute Gasteiger partial charge is 0.387 e. The van der Waals surface area contributed by atoms with Gasteiger partial charge in [-0.2, -0.15) is 8.78 Å². The van der Waals surface area contributed by atoms with E-state index in [4.69, 9.17) is 4.74 Å². The van der Waals surface area contributed by atoms with Gasteiger partial charge in [-0.05, 0) is 30.9 Å². The number of nitrogens with zero attached hydrogens (tertiary/aromatic N) is 1. The van der Waals surface area contributed by atoms with Gasteiger partial charge in [0.15, 0.2) is 0 Å². The molecule has 1 unspecified atom stereocenters. The largest absolute Gasteiger partial charge is 0.466 e. The number of esters is 1. The molecule has 2 aromatic rings. The summed E-state index contributed by atoms with van der Waals surface area (Å²) >= 11 is 1.58. The standard InChI is InChI=1S/C20H20F2N2O4S/c1-12-16(18(25)27-2)17(14-7-3-4-8-15(14)28-19(21)22)23-20(26)24(12)10-9-13-6-5-11-29-13/h3-8,11,17,19H,9-10H2,1-2H3,(H,23,26). The maximum atomic E-state index is 12.8. The SMILES string of the molecule is COC(=O)C1=C(C)N(CCc2cccs2)C(=O)NC1c1ccccc1OC(F)F. The molecule has 154 valence electrons. The second-order valence-electron chi connectivity index (χ2n) is 6.27. The first kappa shape index (κ1) is 20.8. The lowest BCUT2D eigenvalue weighted by atomic mass is 9.94. The van der Waals surface area contributed by atoms with Crippen LogP contribution in [0.25, 0.3) is 0 Å². The molecule has 1 aromatic heterocycles. The van der Waals surface area contributed by atoms with Gasteiger partial charge in [-0.15, -0.1) is 11.3 Å². The Morgan fingerprint density at radius 2 is 2.03 bits per heavy atom. The number of methoxy groups -OCH3 is 1. The van der Waals surface area contributed by atoms with E-state index < -0.39 is 24.7 Å². The van der Waals surface area contributed by atoms with Crippen LogP contribution in [0, 0.1) is 0 Å². The van der Waals surface area contributed by atoms with E-state index in [9.17, 15) is 18.4 Å². The van der Waals surface area contributed by atoms with Crippen molar-refractivity contribution in [2.45, 2.75) is 26.0 Å². The van der Waals surface area contributed by atoms with Crippen LogP contribution in [0.5, 0.6) is 5.75 Å². The molecule has 1 atom stereocenters. The zero-order valence-corrected chi connectivity index (χ0v) is 16.7. The Hall–Kier alpha value is -2.94. The number of allylic oxidation sites excluding steroid dienone is 1. The minimum atomic E-state index is -3.04. The molecule has 2 amide bonds. The lowest BCUT2D eigenvalue weighted by Gasteiger charge is -2.35. The number of hydrogen-bond acceptors (Lipinski definition) is 5. The second-order valence-corrected chi connectivity index (χ2v) is 7.30. The monoisotopic (exact) mass is 422 g/mol. The fourth-order valence-electron chi connectivity index (χ4n) is 3.26. The van der Waals surface area contributed by atoms with Gasteiger partial charge in [-0.1, -0.05) is 24.3 Å². The summed E-state index contributed by atoms with van der Waals surface area (Å²) in [6.45, 7) is -1.03. The minimum Gasteiger partial charge on any atom is -0.466 e. The molecule has 29 heavy (non-hydrogen) atoms. The third kappa shape index (κ3) is 4.56. The molecule has 0 fully saturated rings. The summed E-state index contributed by atoms with van der Waals surface area (Å²) in [4.78, 5) is 27.9. The molecule has 9 heteroatoms. The maximum Gasteiger partial charge on any atom is 0.387 e. The molecular formula is C20H20F2N2O4S. The molecule has 0 saturated heterocycles. The molecule has 3 rings (SSSR count). The summed E-state index contributed by atoms with van der Waals surface area (Å²) in [5.41, 5.74) is 0.830. The number of rotatable bonds is 7. The van der Waals surface area contributed by atoms with Gasteiger partial charge in [0.2, 0.25) is 0 Å². The van der Waals surface area contributed by atoms with E-state index in [-0.39, 0.29) is 16.9 Å². The van der Waals surface area contributed by atoms with Crippen LogP contribution >= 0.6 is 11.3 Å². The van der Waals surface area contributed by atoms with Crippen molar-refractivity contribution in [3.8, 4) is 5.75 Å². The van der Waals surface area contributed by atoms with Gasteiger partial charge in [-0.3, -0.25) is 4.90 Å². The van der Waals surface area contributed by atoms with Crippen molar-refractivity contribution >= 4 is 23.3 Å². The van der Waals surface area contributed by atoms with Crippen LogP contribution in [-0.4, -0.2) is 37.2 Å². The molecule has 0 aliphatic carbocycles. The fourth-order valence-corrected chi connectivity index (χ4v) is 3.96. The van der Waals surface area contributed by atoms with E-state index >= 15 is 0 Å². The average Bonchev–Trinajstić information content (AvgIpc) is 3.20. The summed E-state index contributed by atoms with van der Waals surface area (Å²) in [5.74, 6) is -0.769. The number of carbonyl (C=O) groups excluding carboxylic acids is 2. The van der Waals surface area contributed by atoms with Gasteiger partial charge in [-0.25, -0.2) is 9.59 Å². The number of para-hydroxylation sites is 1. The number of ether oxygens (including phenoxy) is 2. The van der Waals surface area contributed by atoms with Crippen molar-refractivity contribution in [3.05, 3.63) is 63.5 Å². The first-order valence-electron chi connectivity index (χ1n) is 8.85. The highest BCUT2D eigenvalue weighted by Gasteiger charge is 2.37. The van der Waals surface area contributed by atoms with E-state index in [2.05, 4.69) is 10.1 Å². The van der Waals surface area contributed by atoms with Crippen LogP contribution in [0.4, 0.5) is 13.6 Å². The Morgan fingerprint density at radius 1 is 1.28 bits per heavy atom. The van der Waals surface area contributed by atoms with Crippen LogP contribution in [0.1, 0.15) is 23.4 Å². The number of thiophene rings is 1. The molecule has 0 radical (unpaired) electrons. The third-order valence-electron chi connectivity index (χ3n) is 4.61. The number of carbonyl (C=O) groups is 2. The van der Waals surface area contributed by atoms with Crippen molar-refractivity contribution < 1.29 is 27.8 Å². The molecule has 1 aliphatic heterocycles. The zero-order chi connectivity index (χ0) is 21.0. The minimum absolute atomic E-state index is 0.117. The number of amides is 2. The molecule has 2 heterocycles. The summed E-state index contributed by atoms with van der Waals surface area (Å²) in [6.07, 6.45) is 0.618. The molecule has 6 nitrogen and oxygen atoms in total. The van der Waals surface area contributed by atoms with Gasteiger partial charge >= 0.3 is 18.6 Å². The Morgan fingerprint density at radius 3 is 2.69 bits per heavy atom. The van der Waals surface area contributed by atoms with Gasteiger partial charge < -0.3 is 14.8 Å². The second kappa shape index (κ2) is 9.04. The van der Waals surface area contributed by atoms with Crippen LogP contribution < -0.4 is 10.1 Å². The van der Waals surface area contributed by atoms with Gasteiger partial charge in [0.25, 0.3) is 0 Å². The van der Waals surface area contributed by atoms with E-state index in [0.29, 0.717) is 18.7 Å². The Balaban J connectivity index is 1.98. The van der Waals surface area contributed by atoms with Crippen LogP contribution in [0.3, 0.4) is 0 Å². The van der Waals surface area contributed by atoms with Crippen LogP contribution in [0.15, 0.2) is 53.0 Å². The molecule has 0 saturated carbocycles. The van der Waals surface area contributed by atoms with Gasteiger partial charge in [0, 0.05) is 22.7 Å². The zero-order valence-electron chi connectivity index (χ0n) is 15.9. The Labute approximate surface area is 170 Å². The third-order valence-corrected chi connectivity index (χ3v) is 5.55. The first-order valence-corrected chi connectivity index (χ1v) is 9.73. The van der Waals surface area contributed by atoms with Crippen molar-refractivity contribution in [1.29, 1.82) is 0 Å². The number of benzene rings is 1. The number of nitrogens with one attached hydrogen (secondary N) is 1. The topological polar surface area (TPSA) is 67.9 Å². The van der Waals surface area contributed by atoms with Gasteiger partial charge in [0.1, 0.15) is 5.75 Å². The van der Waals surface area contributed by atoms with E-state index in [0.717, 1.165) is 4.88 Å². The quantitative estimate of drug-likeness (QED) is 0.682. The number of alkyl halides is 2. The predicted molar refractivity (Wildman–Crippen MR) is 104 cm³/mol. The molecule has 0 spiro atoms. The van der Waals surface area contributed by atoms with Crippen molar-refractivity contribution in [1.82, 2.24) is 10.2 Å².